The highest BCUT2D eigenvalue weighted by molar-refractivity contribution is 6.34. The lowest BCUT2D eigenvalue weighted by Crippen LogP contribution is -2.27. The number of benzene rings is 1. The van der Waals surface area contributed by atoms with Crippen molar-refractivity contribution >= 4 is 28.2 Å². The highest BCUT2D eigenvalue weighted by Crippen LogP contribution is 2.30. The second-order valence-electron chi connectivity index (χ2n) is 5.75. The smallest absolute Gasteiger partial charge is 0.159 e. The van der Waals surface area contributed by atoms with E-state index in [1.54, 1.807) is 0 Å². The minimum atomic E-state index is 0.472. The van der Waals surface area contributed by atoms with Crippen molar-refractivity contribution in [3.05, 3.63) is 29.4 Å². The topological polar surface area (TPSA) is 37.8 Å². The molecule has 1 fully saturated rings. The maximum Gasteiger partial charge on any atom is 0.159 e. The van der Waals surface area contributed by atoms with Crippen LogP contribution < -0.4 is 5.32 Å². The molecule has 3 rings (SSSR count). The SMILES string of the molecule is CC1CCCCCC1Nc1nnc(Cl)c2ccccc12. The molecule has 1 saturated carbocycles. The minimum absolute atomic E-state index is 0.472. The van der Waals surface area contributed by atoms with Gasteiger partial charge in [0.2, 0.25) is 0 Å². The Morgan fingerprint density at radius 3 is 2.65 bits per heavy atom. The molecule has 1 aliphatic carbocycles. The monoisotopic (exact) mass is 289 g/mol. The molecule has 2 aromatic rings. The fourth-order valence-electron chi connectivity index (χ4n) is 3.06. The van der Waals surface area contributed by atoms with Crippen LogP contribution in [0.15, 0.2) is 24.3 Å². The van der Waals surface area contributed by atoms with Gasteiger partial charge in [-0.1, -0.05) is 62.1 Å². The fourth-order valence-corrected chi connectivity index (χ4v) is 3.26. The van der Waals surface area contributed by atoms with Gasteiger partial charge in [-0.3, -0.25) is 0 Å². The van der Waals surface area contributed by atoms with E-state index in [9.17, 15) is 0 Å². The summed E-state index contributed by atoms with van der Waals surface area (Å²) < 4.78 is 0. The highest BCUT2D eigenvalue weighted by atomic mass is 35.5. The summed E-state index contributed by atoms with van der Waals surface area (Å²) in [5.74, 6) is 1.54. The molecule has 3 nitrogen and oxygen atoms in total. The van der Waals surface area contributed by atoms with Crippen LogP contribution in [0.25, 0.3) is 10.8 Å². The van der Waals surface area contributed by atoms with Crippen LogP contribution in [-0.4, -0.2) is 16.2 Å². The summed E-state index contributed by atoms with van der Waals surface area (Å²) in [5, 5.41) is 14.5. The van der Waals surface area contributed by atoms with Gasteiger partial charge in [-0.05, 0) is 18.8 Å². The van der Waals surface area contributed by atoms with Crippen LogP contribution in [0, 0.1) is 5.92 Å². The Bertz CT molecular complexity index is 599. The van der Waals surface area contributed by atoms with E-state index in [0.29, 0.717) is 17.1 Å². The van der Waals surface area contributed by atoms with Crippen molar-refractivity contribution in [2.45, 2.75) is 45.1 Å². The first-order valence-electron chi connectivity index (χ1n) is 7.43. The van der Waals surface area contributed by atoms with Crippen molar-refractivity contribution in [2.75, 3.05) is 5.32 Å². The minimum Gasteiger partial charge on any atom is -0.365 e. The zero-order valence-electron chi connectivity index (χ0n) is 11.8. The average Bonchev–Trinajstić information content (AvgIpc) is 2.67. The largest absolute Gasteiger partial charge is 0.365 e. The van der Waals surface area contributed by atoms with Crippen LogP contribution in [-0.2, 0) is 0 Å². The van der Waals surface area contributed by atoms with Gasteiger partial charge in [-0.15, -0.1) is 10.2 Å². The van der Waals surface area contributed by atoms with Gasteiger partial charge in [-0.25, -0.2) is 0 Å². The number of nitrogens with one attached hydrogen (secondary N) is 1. The molecule has 1 aliphatic rings. The van der Waals surface area contributed by atoms with Crippen LogP contribution in [0.5, 0.6) is 0 Å². The van der Waals surface area contributed by atoms with E-state index < -0.39 is 0 Å². The second-order valence-corrected chi connectivity index (χ2v) is 6.11. The van der Waals surface area contributed by atoms with Gasteiger partial charge in [0.1, 0.15) is 0 Å². The molecule has 0 spiro atoms. The van der Waals surface area contributed by atoms with Gasteiger partial charge in [0.05, 0.1) is 0 Å². The summed E-state index contributed by atoms with van der Waals surface area (Å²) in [7, 11) is 0. The first-order valence-corrected chi connectivity index (χ1v) is 7.81. The van der Waals surface area contributed by atoms with Crippen LogP contribution >= 0.6 is 11.6 Å². The molecule has 106 valence electrons. The molecule has 0 bridgehead atoms. The van der Waals surface area contributed by atoms with E-state index in [-0.39, 0.29) is 0 Å². The number of halogens is 1. The number of hydrogen-bond donors (Lipinski definition) is 1. The predicted molar refractivity (Wildman–Crippen MR) is 84.2 cm³/mol. The average molecular weight is 290 g/mol. The molecular formula is C16H20ClN3. The van der Waals surface area contributed by atoms with E-state index in [0.717, 1.165) is 16.6 Å². The molecule has 20 heavy (non-hydrogen) atoms. The van der Waals surface area contributed by atoms with E-state index in [4.69, 9.17) is 11.6 Å². The van der Waals surface area contributed by atoms with Gasteiger partial charge in [-0.2, -0.15) is 0 Å². The van der Waals surface area contributed by atoms with E-state index in [1.807, 2.05) is 18.2 Å². The standard InChI is InChI=1S/C16H20ClN3/c1-11-7-3-2-4-10-14(11)18-16-13-9-6-5-8-12(13)15(17)19-20-16/h5-6,8-9,11,14H,2-4,7,10H2,1H3,(H,18,20). The lowest BCUT2D eigenvalue weighted by molar-refractivity contribution is 0.455. The molecule has 2 atom stereocenters. The Balaban J connectivity index is 1.92. The molecule has 0 saturated heterocycles. The normalized spacial score (nSPS) is 23.5. The van der Waals surface area contributed by atoms with E-state index in [1.165, 1.54) is 32.1 Å². The van der Waals surface area contributed by atoms with Gasteiger partial charge >= 0.3 is 0 Å². The molecule has 1 aromatic carbocycles. The molecule has 1 aromatic heterocycles. The Hall–Kier alpha value is -1.35. The summed E-state index contributed by atoms with van der Waals surface area (Å²) in [4.78, 5) is 0. The third-order valence-electron chi connectivity index (χ3n) is 4.33. The molecule has 2 unspecified atom stereocenters. The Morgan fingerprint density at radius 2 is 1.80 bits per heavy atom. The van der Waals surface area contributed by atoms with E-state index in [2.05, 4.69) is 28.5 Å². The first kappa shape index (κ1) is 13.6. The maximum atomic E-state index is 6.13. The fraction of sp³-hybridized carbons (Fsp3) is 0.500. The van der Waals surface area contributed by atoms with Crippen LogP contribution in [0.2, 0.25) is 5.15 Å². The third kappa shape index (κ3) is 2.73. The summed E-state index contributed by atoms with van der Waals surface area (Å²) in [6, 6.07) is 8.53. The Morgan fingerprint density at radius 1 is 1.05 bits per heavy atom. The maximum absolute atomic E-state index is 6.13. The molecule has 0 radical (unpaired) electrons. The summed E-state index contributed by atoms with van der Waals surface area (Å²) in [5.41, 5.74) is 0. The van der Waals surface area contributed by atoms with Crippen LogP contribution in [0.4, 0.5) is 5.82 Å². The summed E-state index contributed by atoms with van der Waals surface area (Å²) in [6.07, 6.45) is 6.47. The Kier molecular flexibility index (Phi) is 4.06. The summed E-state index contributed by atoms with van der Waals surface area (Å²) in [6.45, 7) is 2.33. The number of hydrogen-bond acceptors (Lipinski definition) is 3. The van der Waals surface area contributed by atoms with Crippen molar-refractivity contribution in [1.82, 2.24) is 10.2 Å². The number of anilines is 1. The number of fused-ring (bicyclic) bond motifs is 1. The second kappa shape index (κ2) is 5.96. The lowest BCUT2D eigenvalue weighted by atomic mass is 9.97. The van der Waals surface area contributed by atoms with Gasteiger partial charge < -0.3 is 5.32 Å². The van der Waals surface area contributed by atoms with Crippen molar-refractivity contribution in [1.29, 1.82) is 0 Å². The molecule has 1 heterocycles. The zero-order chi connectivity index (χ0) is 13.9. The van der Waals surface area contributed by atoms with Gasteiger partial charge in [0.15, 0.2) is 11.0 Å². The quantitative estimate of drug-likeness (QED) is 0.817. The van der Waals surface area contributed by atoms with Crippen molar-refractivity contribution < 1.29 is 0 Å². The summed E-state index contributed by atoms with van der Waals surface area (Å²) >= 11 is 6.13. The molecule has 0 aliphatic heterocycles. The molecule has 1 N–H and O–H groups in total. The molecular weight excluding hydrogens is 270 g/mol. The molecule has 4 heteroatoms. The van der Waals surface area contributed by atoms with Crippen molar-refractivity contribution in [3.63, 3.8) is 0 Å². The molecule has 0 amide bonds. The van der Waals surface area contributed by atoms with Gasteiger partial charge in [0.25, 0.3) is 0 Å². The van der Waals surface area contributed by atoms with Crippen LogP contribution in [0.3, 0.4) is 0 Å². The van der Waals surface area contributed by atoms with E-state index >= 15 is 0 Å². The zero-order valence-corrected chi connectivity index (χ0v) is 12.5. The highest BCUT2D eigenvalue weighted by Gasteiger charge is 2.21. The van der Waals surface area contributed by atoms with Crippen molar-refractivity contribution in [2.24, 2.45) is 5.92 Å². The van der Waals surface area contributed by atoms with Crippen molar-refractivity contribution in [3.8, 4) is 0 Å². The first-order chi connectivity index (χ1) is 9.75. The predicted octanol–water partition coefficient (Wildman–Crippen LogP) is 4.66. The number of nitrogens with zero attached hydrogens (tertiary/aromatic N) is 2. The van der Waals surface area contributed by atoms with Gasteiger partial charge in [0, 0.05) is 16.8 Å². The Labute approximate surface area is 124 Å². The lowest BCUT2D eigenvalue weighted by Gasteiger charge is -2.23. The number of rotatable bonds is 2. The van der Waals surface area contributed by atoms with Crippen LogP contribution in [0.1, 0.15) is 39.0 Å². The number of aromatic nitrogens is 2. The third-order valence-corrected chi connectivity index (χ3v) is 4.61.